The molecule has 1 fully saturated rings. The second-order valence-electron chi connectivity index (χ2n) is 5.42. The number of hydrogen-bond acceptors (Lipinski definition) is 5. The molecule has 21 heavy (non-hydrogen) atoms. The summed E-state index contributed by atoms with van der Waals surface area (Å²) in [5, 5.41) is 16.6. The van der Waals surface area contributed by atoms with Crippen molar-refractivity contribution in [2.24, 2.45) is 11.1 Å². The molecule has 0 saturated carbocycles. The molecule has 0 aliphatic carbocycles. The zero-order valence-corrected chi connectivity index (χ0v) is 12.0. The van der Waals surface area contributed by atoms with E-state index < -0.39 is 0 Å². The van der Waals surface area contributed by atoms with Gasteiger partial charge in [0, 0.05) is 12.3 Å². The second-order valence-corrected chi connectivity index (χ2v) is 5.42. The van der Waals surface area contributed by atoms with Gasteiger partial charge in [-0.25, -0.2) is 0 Å². The molecule has 2 aromatic heterocycles. The second kappa shape index (κ2) is 6.18. The Morgan fingerprint density at radius 3 is 2.52 bits per heavy atom. The molecule has 0 amide bonds. The lowest BCUT2D eigenvalue weighted by molar-refractivity contribution is 0.253. The van der Waals surface area contributed by atoms with Crippen molar-refractivity contribution < 1.29 is 14.0 Å². The maximum atomic E-state index is 9.42. The van der Waals surface area contributed by atoms with Gasteiger partial charge in [0.05, 0.1) is 30.3 Å². The van der Waals surface area contributed by atoms with E-state index in [9.17, 15) is 5.21 Å². The average Bonchev–Trinajstić information content (AvgIpc) is 3.21. The molecule has 2 aromatic rings. The smallest absolute Gasteiger partial charge is 0.121 e. The molecular weight excluding hydrogens is 268 g/mol. The van der Waals surface area contributed by atoms with Crippen LogP contribution in [0.1, 0.15) is 49.8 Å². The van der Waals surface area contributed by atoms with E-state index in [1.165, 1.54) is 0 Å². The first kappa shape index (κ1) is 13.9. The van der Waals surface area contributed by atoms with Crippen LogP contribution in [0.4, 0.5) is 0 Å². The maximum Gasteiger partial charge on any atom is 0.121 e. The Labute approximate surface area is 123 Å². The number of furan rings is 2. The topological polar surface area (TPSA) is 70.9 Å². The largest absolute Gasteiger partial charge is 0.468 e. The van der Waals surface area contributed by atoms with E-state index in [1.54, 1.807) is 12.5 Å². The molecule has 0 bridgehead atoms. The minimum absolute atomic E-state index is 0.00491. The van der Waals surface area contributed by atoms with Gasteiger partial charge in [0.1, 0.15) is 11.5 Å². The molecule has 5 heteroatoms. The fraction of sp³-hybridized carbons (Fsp3) is 0.438. The first-order chi connectivity index (χ1) is 10.3. The lowest BCUT2D eigenvalue weighted by Crippen LogP contribution is -2.42. The Kier molecular flexibility index (Phi) is 4.10. The van der Waals surface area contributed by atoms with Crippen molar-refractivity contribution in [3.63, 3.8) is 0 Å². The highest BCUT2D eigenvalue weighted by Crippen LogP contribution is 2.38. The van der Waals surface area contributed by atoms with E-state index in [0.717, 1.165) is 30.1 Å². The van der Waals surface area contributed by atoms with Gasteiger partial charge < -0.3 is 14.0 Å². The number of nitrogens with zero attached hydrogens (tertiary/aromatic N) is 1. The summed E-state index contributed by atoms with van der Waals surface area (Å²) in [7, 11) is 0. The molecule has 0 unspecified atom stereocenters. The normalized spacial score (nSPS) is 28.0. The van der Waals surface area contributed by atoms with Crippen molar-refractivity contribution in [3.8, 4) is 0 Å². The van der Waals surface area contributed by atoms with Crippen LogP contribution in [0.2, 0.25) is 0 Å². The SMILES string of the molecule is CCC[C@@H]1/C(=N/O)C[C@H](c2ccco2)N[C@@H]1c1ccco1. The maximum absolute atomic E-state index is 9.42. The Hall–Kier alpha value is -2.01. The summed E-state index contributed by atoms with van der Waals surface area (Å²) in [5.74, 6) is 1.85. The molecule has 2 N–H and O–H groups in total. The highest BCUT2D eigenvalue weighted by Gasteiger charge is 2.38. The number of rotatable bonds is 4. The van der Waals surface area contributed by atoms with Crippen molar-refractivity contribution in [3.05, 3.63) is 48.3 Å². The molecule has 3 heterocycles. The fourth-order valence-electron chi connectivity index (χ4n) is 3.12. The first-order valence-corrected chi connectivity index (χ1v) is 7.37. The summed E-state index contributed by atoms with van der Waals surface area (Å²) in [6.07, 6.45) is 5.95. The predicted molar refractivity (Wildman–Crippen MR) is 78.3 cm³/mol. The third-order valence-electron chi connectivity index (χ3n) is 4.09. The summed E-state index contributed by atoms with van der Waals surface area (Å²) < 4.78 is 11.1. The highest BCUT2D eigenvalue weighted by molar-refractivity contribution is 5.88. The van der Waals surface area contributed by atoms with Crippen LogP contribution in [-0.2, 0) is 0 Å². The molecule has 3 rings (SSSR count). The highest BCUT2D eigenvalue weighted by atomic mass is 16.4. The molecular formula is C16H20N2O3. The molecule has 0 spiro atoms. The molecule has 0 aromatic carbocycles. The monoisotopic (exact) mass is 288 g/mol. The summed E-state index contributed by atoms with van der Waals surface area (Å²) in [6, 6.07) is 7.63. The van der Waals surface area contributed by atoms with Gasteiger partial charge in [-0.2, -0.15) is 0 Å². The van der Waals surface area contributed by atoms with Gasteiger partial charge in [-0.3, -0.25) is 5.32 Å². The zero-order chi connectivity index (χ0) is 14.7. The lowest BCUT2D eigenvalue weighted by Gasteiger charge is -2.36. The van der Waals surface area contributed by atoms with Gasteiger partial charge in [0.2, 0.25) is 0 Å². The van der Waals surface area contributed by atoms with Gasteiger partial charge in [-0.1, -0.05) is 18.5 Å². The van der Waals surface area contributed by atoms with Gasteiger partial charge in [-0.15, -0.1) is 0 Å². The standard InChI is InChI=1S/C16H20N2O3/c1-2-5-11-12(18-19)10-13(14-6-3-8-20-14)17-16(11)15-7-4-9-21-15/h3-4,6-9,11,13,16-17,19H,2,5,10H2,1H3/b18-12+/t11-,13-,16+/m1/s1. The van der Waals surface area contributed by atoms with E-state index in [2.05, 4.69) is 17.4 Å². The van der Waals surface area contributed by atoms with Gasteiger partial charge >= 0.3 is 0 Å². The van der Waals surface area contributed by atoms with Crippen LogP contribution >= 0.6 is 0 Å². The summed E-state index contributed by atoms with van der Waals surface area (Å²) >= 11 is 0. The van der Waals surface area contributed by atoms with Gasteiger partial charge in [-0.05, 0) is 30.7 Å². The van der Waals surface area contributed by atoms with E-state index in [1.807, 2.05) is 24.3 Å². The number of oxime groups is 1. The number of hydrogen-bond donors (Lipinski definition) is 2. The molecule has 3 atom stereocenters. The van der Waals surface area contributed by atoms with Crippen molar-refractivity contribution in [2.45, 2.75) is 38.3 Å². The molecule has 1 aliphatic heterocycles. The van der Waals surface area contributed by atoms with E-state index in [-0.39, 0.29) is 18.0 Å². The molecule has 1 aliphatic rings. The van der Waals surface area contributed by atoms with Gasteiger partial charge in [0.25, 0.3) is 0 Å². The fourth-order valence-corrected chi connectivity index (χ4v) is 3.12. The van der Waals surface area contributed by atoms with Crippen molar-refractivity contribution in [2.75, 3.05) is 0 Å². The summed E-state index contributed by atoms with van der Waals surface area (Å²) in [6.45, 7) is 2.13. The van der Waals surface area contributed by atoms with Crippen LogP contribution in [0.5, 0.6) is 0 Å². The Balaban J connectivity index is 1.92. The quantitative estimate of drug-likeness (QED) is 0.661. The molecule has 1 saturated heterocycles. The molecule has 5 nitrogen and oxygen atoms in total. The van der Waals surface area contributed by atoms with Gasteiger partial charge in [0.15, 0.2) is 0 Å². The van der Waals surface area contributed by atoms with Crippen LogP contribution in [0.15, 0.2) is 50.8 Å². The van der Waals surface area contributed by atoms with Crippen LogP contribution in [-0.4, -0.2) is 10.9 Å². The first-order valence-electron chi connectivity index (χ1n) is 7.37. The Morgan fingerprint density at radius 2 is 1.95 bits per heavy atom. The molecule has 0 radical (unpaired) electrons. The van der Waals surface area contributed by atoms with Crippen molar-refractivity contribution in [1.82, 2.24) is 5.32 Å². The zero-order valence-electron chi connectivity index (χ0n) is 12.0. The number of piperidine rings is 1. The summed E-state index contributed by atoms with van der Waals surface area (Å²) in [5.41, 5.74) is 0.804. The third-order valence-corrected chi connectivity index (χ3v) is 4.09. The minimum Gasteiger partial charge on any atom is -0.468 e. The Morgan fingerprint density at radius 1 is 1.24 bits per heavy atom. The van der Waals surface area contributed by atoms with Crippen molar-refractivity contribution >= 4 is 5.71 Å². The predicted octanol–water partition coefficient (Wildman–Crippen LogP) is 3.89. The summed E-state index contributed by atoms with van der Waals surface area (Å²) in [4.78, 5) is 0. The van der Waals surface area contributed by atoms with E-state index in [0.29, 0.717) is 6.42 Å². The van der Waals surface area contributed by atoms with E-state index in [4.69, 9.17) is 8.83 Å². The minimum atomic E-state index is -0.00546. The Bertz CT molecular complexity index is 575. The lowest BCUT2D eigenvalue weighted by atomic mass is 9.81. The van der Waals surface area contributed by atoms with Crippen LogP contribution in [0.25, 0.3) is 0 Å². The number of nitrogens with one attached hydrogen (secondary N) is 1. The van der Waals surface area contributed by atoms with Crippen molar-refractivity contribution in [1.29, 1.82) is 0 Å². The van der Waals surface area contributed by atoms with Crippen LogP contribution < -0.4 is 5.32 Å². The van der Waals surface area contributed by atoms with Crippen LogP contribution in [0, 0.1) is 5.92 Å². The van der Waals surface area contributed by atoms with Crippen LogP contribution in [0.3, 0.4) is 0 Å². The van der Waals surface area contributed by atoms with E-state index >= 15 is 0 Å². The third kappa shape index (κ3) is 2.74. The average molecular weight is 288 g/mol. The molecule has 112 valence electrons.